The van der Waals surface area contributed by atoms with Gasteiger partial charge in [-0.25, -0.2) is 15.6 Å². The summed E-state index contributed by atoms with van der Waals surface area (Å²) in [5.41, 5.74) is 0.950. The van der Waals surface area contributed by atoms with Crippen molar-refractivity contribution in [3.05, 3.63) is 11.3 Å². The SMILES string of the molecule is CC(C)=C1C(=O)NC(=O)N1N. The van der Waals surface area contributed by atoms with Gasteiger partial charge in [0.2, 0.25) is 0 Å². The molecule has 0 aromatic heterocycles. The van der Waals surface area contributed by atoms with Crippen LogP contribution in [0.3, 0.4) is 0 Å². The van der Waals surface area contributed by atoms with E-state index in [0.717, 1.165) is 10.6 Å². The largest absolute Gasteiger partial charge is 0.343 e. The quantitative estimate of drug-likeness (QED) is 0.218. The van der Waals surface area contributed by atoms with Gasteiger partial charge in [0.15, 0.2) is 0 Å². The van der Waals surface area contributed by atoms with E-state index in [1.165, 1.54) is 0 Å². The fraction of sp³-hybridized carbons (Fsp3) is 0.333. The molecule has 0 radical (unpaired) electrons. The topological polar surface area (TPSA) is 75.4 Å². The number of nitrogens with one attached hydrogen (secondary N) is 1. The zero-order valence-electron chi connectivity index (χ0n) is 6.34. The van der Waals surface area contributed by atoms with E-state index in [9.17, 15) is 9.59 Å². The van der Waals surface area contributed by atoms with Crippen molar-refractivity contribution in [1.82, 2.24) is 10.3 Å². The maximum atomic E-state index is 10.9. The molecule has 1 fully saturated rings. The summed E-state index contributed by atoms with van der Waals surface area (Å²) < 4.78 is 0. The number of hydrogen-bond donors (Lipinski definition) is 2. The molecule has 3 amide bonds. The lowest BCUT2D eigenvalue weighted by Crippen LogP contribution is -2.33. The molecule has 0 unspecified atom stereocenters. The molecular formula is C6H9N3O2. The molecule has 0 aromatic rings. The summed E-state index contributed by atoms with van der Waals surface area (Å²) in [5, 5.41) is 2.88. The average molecular weight is 155 g/mol. The van der Waals surface area contributed by atoms with Crippen LogP contribution < -0.4 is 11.2 Å². The van der Waals surface area contributed by atoms with Gasteiger partial charge < -0.3 is 0 Å². The highest BCUT2D eigenvalue weighted by Gasteiger charge is 2.31. The number of nitrogens with zero attached hydrogens (tertiary/aromatic N) is 1. The number of amides is 3. The molecule has 0 saturated carbocycles. The first kappa shape index (κ1) is 7.74. The van der Waals surface area contributed by atoms with E-state index in [-0.39, 0.29) is 5.70 Å². The first-order valence-corrected chi connectivity index (χ1v) is 3.11. The van der Waals surface area contributed by atoms with Crippen molar-refractivity contribution < 1.29 is 9.59 Å². The Labute approximate surface area is 63.8 Å². The number of imide groups is 1. The first-order chi connectivity index (χ1) is 5.04. The van der Waals surface area contributed by atoms with E-state index in [4.69, 9.17) is 5.84 Å². The molecule has 1 aliphatic rings. The molecule has 0 aromatic carbocycles. The third kappa shape index (κ3) is 1.10. The minimum absolute atomic E-state index is 0.231. The van der Waals surface area contributed by atoms with Gasteiger partial charge in [0, 0.05) is 0 Å². The summed E-state index contributed by atoms with van der Waals surface area (Å²) in [5.74, 6) is 4.82. The maximum absolute atomic E-state index is 10.9. The third-order valence-corrected chi connectivity index (χ3v) is 1.37. The minimum atomic E-state index is -0.578. The van der Waals surface area contributed by atoms with Gasteiger partial charge in [-0.3, -0.25) is 10.1 Å². The van der Waals surface area contributed by atoms with Gasteiger partial charge >= 0.3 is 6.03 Å². The van der Waals surface area contributed by atoms with Crippen molar-refractivity contribution >= 4 is 11.9 Å². The predicted octanol–water partition coefficient (Wildman–Crippen LogP) is -0.294. The molecule has 3 N–H and O–H groups in total. The van der Waals surface area contributed by atoms with E-state index in [2.05, 4.69) is 5.32 Å². The Bertz CT molecular complexity index is 253. The average Bonchev–Trinajstić information content (AvgIpc) is 2.07. The minimum Gasteiger partial charge on any atom is -0.271 e. The normalized spacial score (nSPS) is 17.4. The Morgan fingerprint density at radius 3 is 2.18 bits per heavy atom. The molecule has 1 rings (SSSR count). The number of carbonyl (C=O) groups excluding carboxylic acids is 2. The van der Waals surface area contributed by atoms with E-state index in [1.807, 2.05) is 0 Å². The standard InChI is InChI=1S/C6H9N3O2/c1-3(2)4-5(10)8-6(11)9(4)7/h7H2,1-2H3,(H,8,10,11). The summed E-state index contributed by atoms with van der Waals surface area (Å²) in [6.07, 6.45) is 0. The smallest absolute Gasteiger partial charge is 0.271 e. The van der Waals surface area contributed by atoms with Gasteiger partial charge in [-0.2, -0.15) is 0 Å². The van der Waals surface area contributed by atoms with Crippen LogP contribution in [0, 0.1) is 0 Å². The van der Waals surface area contributed by atoms with Gasteiger partial charge in [-0.1, -0.05) is 0 Å². The molecule has 1 saturated heterocycles. The zero-order chi connectivity index (χ0) is 8.59. The summed E-state index contributed by atoms with van der Waals surface area (Å²) in [6, 6.07) is -0.578. The second-order valence-corrected chi connectivity index (χ2v) is 2.48. The number of nitrogens with two attached hydrogens (primary N) is 1. The van der Waals surface area contributed by atoms with Gasteiger partial charge in [-0.15, -0.1) is 0 Å². The monoisotopic (exact) mass is 155 g/mol. The van der Waals surface area contributed by atoms with Crippen LogP contribution in [0.2, 0.25) is 0 Å². The lowest BCUT2D eigenvalue weighted by molar-refractivity contribution is -0.116. The van der Waals surface area contributed by atoms with E-state index < -0.39 is 11.9 Å². The lowest BCUT2D eigenvalue weighted by atomic mass is 10.2. The van der Waals surface area contributed by atoms with Crippen molar-refractivity contribution in [2.45, 2.75) is 13.8 Å². The van der Waals surface area contributed by atoms with E-state index in [1.54, 1.807) is 13.8 Å². The van der Waals surface area contributed by atoms with Crippen LogP contribution in [0.5, 0.6) is 0 Å². The summed E-state index contributed by atoms with van der Waals surface area (Å²) in [6.45, 7) is 3.43. The van der Waals surface area contributed by atoms with Gasteiger partial charge in [0.25, 0.3) is 5.91 Å². The maximum Gasteiger partial charge on any atom is 0.343 e. The highest BCUT2D eigenvalue weighted by Crippen LogP contribution is 2.11. The molecule has 0 aliphatic carbocycles. The molecule has 5 nitrogen and oxygen atoms in total. The second-order valence-electron chi connectivity index (χ2n) is 2.48. The Balaban J connectivity index is 3.08. The number of hydrazine groups is 1. The van der Waals surface area contributed by atoms with Gasteiger partial charge in [0.05, 0.1) is 0 Å². The van der Waals surface area contributed by atoms with E-state index in [0.29, 0.717) is 0 Å². The zero-order valence-corrected chi connectivity index (χ0v) is 6.34. The number of rotatable bonds is 0. The van der Waals surface area contributed by atoms with Gasteiger partial charge in [-0.05, 0) is 19.4 Å². The molecule has 1 aliphatic heterocycles. The Hall–Kier alpha value is -1.36. The molecule has 0 atom stereocenters. The van der Waals surface area contributed by atoms with Crippen LogP contribution in [-0.2, 0) is 4.79 Å². The molecule has 11 heavy (non-hydrogen) atoms. The Morgan fingerprint density at radius 1 is 1.45 bits per heavy atom. The molecule has 60 valence electrons. The number of urea groups is 1. The first-order valence-electron chi connectivity index (χ1n) is 3.11. The van der Waals surface area contributed by atoms with Crippen LogP contribution in [0.4, 0.5) is 4.79 Å². The highest BCUT2D eigenvalue weighted by atomic mass is 16.2. The fourth-order valence-corrected chi connectivity index (χ4v) is 0.895. The van der Waals surface area contributed by atoms with E-state index >= 15 is 0 Å². The lowest BCUT2D eigenvalue weighted by Gasteiger charge is -2.06. The van der Waals surface area contributed by atoms with Crippen molar-refractivity contribution in [3.8, 4) is 0 Å². The van der Waals surface area contributed by atoms with Crippen LogP contribution in [0.15, 0.2) is 11.3 Å². The molecular weight excluding hydrogens is 146 g/mol. The van der Waals surface area contributed by atoms with Crippen LogP contribution in [-0.4, -0.2) is 16.9 Å². The number of allylic oxidation sites excluding steroid dienone is 1. The van der Waals surface area contributed by atoms with Crippen LogP contribution >= 0.6 is 0 Å². The second kappa shape index (κ2) is 2.35. The molecule has 0 spiro atoms. The third-order valence-electron chi connectivity index (χ3n) is 1.37. The van der Waals surface area contributed by atoms with Crippen molar-refractivity contribution in [3.63, 3.8) is 0 Å². The fourth-order valence-electron chi connectivity index (χ4n) is 0.895. The van der Waals surface area contributed by atoms with Crippen molar-refractivity contribution in [2.24, 2.45) is 5.84 Å². The number of hydrogen-bond acceptors (Lipinski definition) is 3. The molecule has 5 heteroatoms. The number of carbonyl (C=O) groups is 2. The van der Waals surface area contributed by atoms with Gasteiger partial charge in [0.1, 0.15) is 5.70 Å². The molecule has 0 bridgehead atoms. The molecule has 1 heterocycles. The summed E-state index contributed by atoms with van der Waals surface area (Å²) in [7, 11) is 0. The summed E-state index contributed by atoms with van der Waals surface area (Å²) >= 11 is 0. The van der Waals surface area contributed by atoms with Crippen molar-refractivity contribution in [1.29, 1.82) is 0 Å². The Morgan fingerprint density at radius 2 is 2.00 bits per heavy atom. The van der Waals surface area contributed by atoms with Crippen LogP contribution in [0.25, 0.3) is 0 Å². The van der Waals surface area contributed by atoms with Crippen LogP contribution in [0.1, 0.15) is 13.8 Å². The highest BCUT2D eigenvalue weighted by molar-refractivity contribution is 6.11. The summed E-state index contributed by atoms with van der Waals surface area (Å²) in [4.78, 5) is 21.7. The Kier molecular flexibility index (Phi) is 1.66. The predicted molar refractivity (Wildman–Crippen MR) is 37.9 cm³/mol. The van der Waals surface area contributed by atoms with Crippen molar-refractivity contribution in [2.75, 3.05) is 0 Å².